The van der Waals surface area contributed by atoms with Crippen molar-refractivity contribution in [2.24, 2.45) is 4.99 Å². The van der Waals surface area contributed by atoms with Crippen molar-refractivity contribution < 1.29 is 9.53 Å². The summed E-state index contributed by atoms with van der Waals surface area (Å²) in [5.74, 6) is 1.45. The zero-order chi connectivity index (χ0) is 17.9. The van der Waals surface area contributed by atoms with Gasteiger partial charge in [0, 0.05) is 20.6 Å². The molecule has 0 bridgehead atoms. The molecule has 0 saturated heterocycles. The van der Waals surface area contributed by atoms with E-state index < -0.39 is 0 Å². The number of guanidine groups is 1. The lowest BCUT2D eigenvalue weighted by atomic mass is 10.2. The molecule has 1 aromatic carbocycles. The van der Waals surface area contributed by atoms with Crippen molar-refractivity contribution in [1.82, 2.24) is 15.5 Å². The zero-order valence-corrected chi connectivity index (χ0v) is 15.4. The van der Waals surface area contributed by atoms with Crippen LogP contribution < -0.4 is 15.4 Å². The normalized spacial score (nSPS) is 12.5. The molecular weight excluding hydrogens is 304 g/mol. The standard InChI is InChI=1S/C18H30N4O2/c1-6-10-19-18(21-13-17(23)22(4)5)20-12-15(3)24-16-9-7-8-14(2)11-16/h7-9,11,15H,6,10,12-13H2,1-5H3,(H2,19,20,21). The number of benzene rings is 1. The van der Waals surface area contributed by atoms with Crippen molar-refractivity contribution >= 4 is 11.9 Å². The number of likely N-dealkylation sites (N-methyl/N-ethyl adjacent to an activating group) is 1. The molecule has 134 valence electrons. The topological polar surface area (TPSA) is 66.0 Å². The number of nitrogens with one attached hydrogen (secondary N) is 2. The molecule has 0 saturated carbocycles. The number of hydrogen-bond donors (Lipinski definition) is 2. The van der Waals surface area contributed by atoms with Crippen LogP contribution in [-0.2, 0) is 4.79 Å². The number of rotatable bonds is 8. The van der Waals surface area contributed by atoms with Crippen molar-refractivity contribution in [3.8, 4) is 5.75 Å². The number of nitrogens with zero attached hydrogens (tertiary/aromatic N) is 2. The van der Waals surface area contributed by atoms with Crippen LogP contribution in [0.25, 0.3) is 0 Å². The van der Waals surface area contributed by atoms with Crippen molar-refractivity contribution in [2.45, 2.75) is 33.3 Å². The second-order valence-corrected chi connectivity index (χ2v) is 6.01. The van der Waals surface area contributed by atoms with Crippen LogP contribution in [0.15, 0.2) is 29.3 Å². The monoisotopic (exact) mass is 334 g/mol. The zero-order valence-electron chi connectivity index (χ0n) is 15.4. The Labute approximate surface area is 145 Å². The van der Waals surface area contributed by atoms with Gasteiger partial charge in [-0.15, -0.1) is 0 Å². The Morgan fingerprint density at radius 2 is 2.08 bits per heavy atom. The van der Waals surface area contributed by atoms with Crippen molar-refractivity contribution in [1.29, 1.82) is 0 Å². The summed E-state index contributed by atoms with van der Waals surface area (Å²) in [7, 11) is 3.45. The molecule has 0 fully saturated rings. The summed E-state index contributed by atoms with van der Waals surface area (Å²) >= 11 is 0. The molecule has 0 spiro atoms. The molecule has 6 heteroatoms. The molecule has 0 aromatic heterocycles. The van der Waals surface area contributed by atoms with Crippen LogP contribution in [0, 0.1) is 6.92 Å². The number of carbonyl (C=O) groups is 1. The molecule has 0 radical (unpaired) electrons. The Bertz CT molecular complexity index is 544. The fraction of sp³-hybridized carbons (Fsp3) is 0.556. The van der Waals surface area contributed by atoms with Gasteiger partial charge in [-0.25, -0.2) is 4.99 Å². The van der Waals surface area contributed by atoms with E-state index in [2.05, 4.69) is 22.5 Å². The Morgan fingerprint density at radius 1 is 1.33 bits per heavy atom. The molecular formula is C18H30N4O2. The first-order valence-corrected chi connectivity index (χ1v) is 8.38. The average molecular weight is 334 g/mol. The average Bonchev–Trinajstić information content (AvgIpc) is 2.53. The lowest BCUT2D eigenvalue weighted by Gasteiger charge is -2.18. The summed E-state index contributed by atoms with van der Waals surface area (Å²) in [5, 5.41) is 6.43. The minimum Gasteiger partial charge on any atom is -0.489 e. The van der Waals surface area contributed by atoms with Crippen LogP contribution in [0.2, 0.25) is 0 Å². The first-order valence-electron chi connectivity index (χ1n) is 8.38. The van der Waals surface area contributed by atoms with Gasteiger partial charge < -0.3 is 20.3 Å². The predicted molar refractivity (Wildman–Crippen MR) is 98.6 cm³/mol. The minimum atomic E-state index is -0.0309. The number of ether oxygens (including phenoxy) is 1. The van der Waals surface area contributed by atoms with Crippen LogP contribution in [0.4, 0.5) is 0 Å². The summed E-state index contributed by atoms with van der Waals surface area (Å²) in [6, 6.07) is 7.98. The van der Waals surface area contributed by atoms with E-state index >= 15 is 0 Å². The first kappa shape index (κ1) is 19.8. The highest BCUT2D eigenvalue weighted by Gasteiger charge is 2.08. The molecule has 24 heavy (non-hydrogen) atoms. The smallest absolute Gasteiger partial charge is 0.243 e. The van der Waals surface area contributed by atoms with Crippen LogP contribution >= 0.6 is 0 Å². The van der Waals surface area contributed by atoms with E-state index in [1.54, 1.807) is 14.1 Å². The second kappa shape index (κ2) is 10.5. The van der Waals surface area contributed by atoms with Gasteiger partial charge in [-0.1, -0.05) is 19.1 Å². The Morgan fingerprint density at radius 3 is 2.71 bits per heavy atom. The van der Waals surface area contributed by atoms with Gasteiger partial charge in [0.1, 0.15) is 18.4 Å². The number of aliphatic imine (C=N–C) groups is 1. The molecule has 1 unspecified atom stereocenters. The quantitative estimate of drug-likeness (QED) is 0.562. The van der Waals surface area contributed by atoms with Gasteiger partial charge >= 0.3 is 0 Å². The van der Waals surface area contributed by atoms with Crippen LogP contribution in [0.3, 0.4) is 0 Å². The number of carbonyl (C=O) groups excluding carboxylic acids is 1. The van der Waals surface area contributed by atoms with Gasteiger partial charge in [0.15, 0.2) is 5.96 Å². The van der Waals surface area contributed by atoms with Crippen LogP contribution in [-0.4, -0.2) is 56.6 Å². The Hall–Kier alpha value is -2.24. The van der Waals surface area contributed by atoms with Gasteiger partial charge in [0.2, 0.25) is 5.91 Å². The number of hydrogen-bond acceptors (Lipinski definition) is 3. The third-order valence-corrected chi connectivity index (χ3v) is 3.30. The largest absolute Gasteiger partial charge is 0.489 e. The first-order chi connectivity index (χ1) is 11.4. The maximum absolute atomic E-state index is 11.7. The van der Waals surface area contributed by atoms with Gasteiger partial charge in [-0.2, -0.15) is 0 Å². The minimum absolute atomic E-state index is 0.0232. The summed E-state index contributed by atoms with van der Waals surface area (Å²) in [6.45, 7) is 7.64. The van der Waals surface area contributed by atoms with E-state index in [0.29, 0.717) is 12.5 Å². The van der Waals surface area contributed by atoms with Gasteiger partial charge in [0.05, 0.1) is 6.54 Å². The molecule has 6 nitrogen and oxygen atoms in total. The van der Waals surface area contributed by atoms with E-state index in [-0.39, 0.29) is 18.6 Å². The number of amides is 1. The molecule has 1 atom stereocenters. The lowest BCUT2D eigenvalue weighted by molar-refractivity contribution is -0.127. The lowest BCUT2D eigenvalue weighted by Crippen LogP contribution is -2.42. The van der Waals surface area contributed by atoms with Gasteiger partial charge in [0.25, 0.3) is 0 Å². The summed E-state index contributed by atoms with van der Waals surface area (Å²) in [4.78, 5) is 17.5. The molecule has 0 aliphatic heterocycles. The highest BCUT2D eigenvalue weighted by Crippen LogP contribution is 2.13. The maximum Gasteiger partial charge on any atom is 0.243 e. The maximum atomic E-state index is 11.7. The molecule has 0 aliphatic carbocycles. The van der Waals surface area contributed by atoms with E-state index in [9.17, 15) is 4.79 Å². The molecule has 1 amide bonds. The molecule has 0 heterocycles. The van der Waals surface area contributed by atoms with E-state index in [4.69, 9.17) is 4.74 Å². The summed E-state index contributed by atoms with van der Waals surface area (Å²) in [5.41, 5.74) is 1.17. The highest BCUT2D eigenvalue weighted by molar-refractivity contribution is 5.84. The number of aryl methyl sites for hydroxylation is 1. The van der Waals surface area contributed by atoms with Crippen LogP contribution in [0.1, 0.15) is 25.8 Å². The highest BCUT2D eigenvalue weighted by atomic mass is 16.5. The fourth-order valence-electron chi connectivity index (χ4n) is 1.91. The van der Waals surface area contributed by atoms with E-state index in [0.717, 1.165) is 18.7 Å². The fourth-order valence-corrected chi connectivity index (χ4v) is 1.91. The van der Waals surface area contributed by atoms with E-state index in [1.165, 1.54) is 10.5 Å². The van der Waals surface area contributed by atoms with Crippen molar-refractivity contribution in [3.05, 3.63) is 29.8 Å². The van der Waals surface area contributed by atoms with Gasteiger partial charge in [-0.05, 0) is 38.0 Å². The Balaban J connectivity index is 2.53. The van der Waals surface area contributed by atoms with Gasteiger partial charge in [-0.3, -0.25) is 4.79 Å². The molecule has 2 N–H and O–H groups in total. The second-order valence-electron chi connectivity index (χ2n) is 6.01. The summed E-state index contributed by atoms with van der Waals surface area (Å²) in [6.07, 6.45) is 0.961. The van der Waals surface area contributed by atoms with E-state index in [1.807, 2.05) is 38.1 Å². The van der Waals surface area contributed by atoms with Crippen LogP contribution in [0.5, 0.6) is 5.75 Å². The van der Waals surface area contributed by atoms with Crippen molar-refractivity contribution in [2.75, 3.05) is 33.7 Å². The summed E-state index contributed by atoms with van der Waals surface area (Å²) < 4.78 is 5.89. The Kier molecular flexibility index (Phi) is 8.68. The third kappa shape index (κ3) is 7.85. The molecule has 1 rings (SSSR count). The molecule has 1 aromatic rings. The third-order valence-electron chi connectivity index (χ3n) is 3.30. The molecule has 0 aliphatic rings. The SMILES string of the molecule is CCCNC(=NCC(=O)N(C)C)NCC(C)Oc1cccc(C)c1. The van der Waals surface area contributed by atoms with Crippen molar-refractivity contribution in [3.63, 3.8) is 0 Å². The predicted octanol–water partition coefficient (Wildman–Crippen LogP) is 1.80.